The molecule has 0 spiro atoms. The van der Waals surface area contributed by atoms with Crippen molar-refractivity contribution < 1.29 is 84.5 Å². The van der Waals surface area contributed by atoms with E-state index in [0.717, 1.165) is 0 Å². The molecule has 0 aliphatic heterocycles. The fourth-order valence-electron chi connectivity index (χ4n) is 5.83. The fraction of sp³-hybridized carbons (Fsp3) is 1.00. The minimum Gasteiger partial charge on any atom is -0.392 e. The highest BCUT2D eigenvalue weighted by molar-refractivity contribution is 6.21. The molecule has 20 heteroatoms. The van der Waals surface area contributed by atoms with Crippen molar-refractivity contribution in [2.45, 2.75) is 90.9 Å². The molecule has 0 radical (unpaired) electrons. The van der Waals surface area contributed by atoms with Gasteiger partial charge in [-0.3, -0.25) is 0 Å². The predicted molar refractivity (Wildman–Crippen MR) is 98.5 cm³/mol. The molecule has 40 heavy (non-hydrogen) atoms. The standard InChI is InChI=1S/C20H18ClF17O2/c21-12-9(39)5-7-6-3-8(11(7)12)10(4-6)40-2-1-13(22,23)14(24,25)15(26,27)16(28,29)17(30,31)18(32,33)19(34,35)20(36,37)38/h6-12,39H,1-5H2/t6-,7?,8+,9?,10?,11?,12?/m0/s1. The van der Waals surface area contributed by atoms with Gasteiger partial charge in [0, 0.05) is 6.42 Å². The van der Waals surface area contributed by atoms with Crippen LogP contribution >= 0.6 is 11.6 Å². The van der Waals surface area contributed by atoms with Crippen LogP contribution in [0.5, 0.6) is 0 Å². The van der Waals surface area contributed by atoms with Gasteiger partial charge >= 0.3 is 47.6 Å². The Balaban J connectivity index is 1.77. The first-order valence-electron chi connectivity index (χ1n) is 11.3. The number of aliphatic hydroxyl groups excluding tert-OH is 1. The van der Waals surface area contributed by atoms with E-state index in [1.165, 1.54) is 0 Å². The second-order valence-corrected chi connectivity index (χ2v) is 10.7. The van der Waals surface area contributed by atoms with Crippen LogP contribution in [0, 0.1) is 23.7 Å². The number of alkyl halides is 18. The third kappa shape index (κ3) is 4.35. The van der Waals surface area contributed by atoms with E-state index in [9.17, 15) is 79.7 Å². The Kier molecular flexibility index (Phi) is 7.97. The highest BCUT2D eigenvalue weighted by Crippen LogP contribution is 2.65. The molecule has 0 heterocycles. The Labute approximate surface area is 218 Å². The van der Waals surface area contributed by atoms with E-state index in [-0.39, 0.29) is 18.3 Å². The Morgan fingerprint density at radius 3 is 1.52 bits per heavy atom. The number of fused-ring (bicyclic) bond motifs is 5. The van der Waals surface area contributed by atoms with Crippen LogP contribution in [-0.4, -0.2) is 76.9 Å². The van der Waals surface area contributed by atoms with Gasteiger partial charge in [0.15, 0.2) is 0 Å². The monoisotopic (exact) mass is 648 g/mol. The Hall–Kier alpha value is -0.980. The number of hydrogen-bond donors (Lipinski definition) is 1. The lowest BCUT2D eigenvalue weighted by Gasteiger charge is -2.42. The Morgan fingerprint density at radius 1 is 0.600 bits per heavy atom. The van der Waals surface area contributed by atoms with Crippen molar-refractivity contribution in [3.05, 3.63) is 0 Å². The van der Waals surface area contributed by atoms with Gasteiger partial charge in [0.25, 0.3) is 0 Å². The molecular weight excluding hydrogens is 631 g/mol. The smallest absolute Gasteiger partial charge is 0.392 e. The first-order chi connectivity index (χ1) is 17.6. The Morgan fingerprint density at radius 2 is 1.05 bits per heavy atom. The van der Waals surface area contributed by atoms with Crippen LogP contribution in [0.25, 0.3) is 0 Å². The van der Waals surface area contributed by atoms with E-state index in [4.69, 9.17) is 16.3 Å². The zero-order valence-corrected chi connectivity index (χ0v) is 20.0. The van der Waals surface area contributed by atoms with Gasteiger partial charge in [-0.25, -0.2) is 0 Å². The van der Waals surface area contributed by atoms with E-state index < -0.39 is 90.1 Å². The van der Waals surface area contributed by atoms with Crippen LogP contribution in [0.4, 0.5) is 74.6 Å². The summed E-state index contributed by atoms with van der Waals surface area (Å²) in [4.78, 5) is 0. The van der Waals surface area contributed by atoms with Gasteiger partial charge in [0.2, 0.25) is 0 Å². The molecule has 236 valence electrons. The van der Waals surface area contributed by atoms with E-state index in [1.54, 1.807) is 0 Å². The summed E-state index contributed by atoms with van der Waals surface area (Å²) in [5, 5.41) is 9.08. The third-order valence-electron chi connectivity index (χ3n) is 7.97. The normalized spacial score (nSPS) is 32.6. The summed E-state index contributed by atoms with van der Waals surface area (Å²) >= 11 is 6.10. The number of halogens is 18. The molecular formula is C20H18ClF17O2. The molecule has 3 rings (SSSR count). The first-order valence-corrected chi connectivity index (χ1v) is 11.7. The van der Waals surface area contributed by atoms with Gasteiger partial charge in [0.05, 0.1) is 24.2 Å². The van der Waals surface area contributed by atoms with Gasteiger partial charge in [0.1, 0.15) is 0 Å². The van der Waals surface area contributed by atoms with Crippen LogP contribution in [0.1, 0.15) is 25.7 Å². The maximum atomic E-state index is 14.1. The molecule has 2 bridgehead atoms. The summed E-state index contributed by atoms with van der Waals surface area (Å²) in [7, 11) is 0. The molecule has 0 amide bonds. The van der Waals surface area contributed by atoms with Gasteiger partial charge in [-0.15, -0.1) is 11.6 Å². The van der Waals surface area contributed by atoms with E-state index in [2.05, 4.69) is 0 Å². The maximum absolute atomic E-state index is 14.1. The van der Waals surface area contributed by atoms with Crippen molar-refractivity contribution in [3.63, 3.8) is 0 Å². The second kappa shape index (κ2) is 9.51. The molecule has 3 aliphatic carbocycles. The quantitative estimate of drug-likeness (QED) is 0.198. The van der Waals surface area contributed by atoms with Gasteiger partial charge in [-0.2, -0.15) is 74.6 Å². The summed E-state index contributed by atoms with van der Waals surface area (Å²) in [5.74, 6) is -57.5. The minimum atomic E-state index is -8.64. The molecule has 7 atom stereocenters. The van der Waals surface area contributed by atoms with E-state index in [1.807, 2.05) is 0 Å². The molecule has 2 nitrogen and oxygen atoms in total. The van der Waals surface area contributed by atoms with Gasteiger partial charge in [-0.1, -0.05) is 0 Å². The maximum Gasteiger partial charge on any atom is 0.460 e. The molecule has 3 saturated carbocycles. The fourth-order valence-corrected chi connectivity index (χ4v) is 6.30. The zero-order chi connectivity index (χ0) is 31.3. The largest absolute Gasteiger partial charge is 0.460 e. The lowest BCUT2D eigenvalue weighted by Crippen LogP contribution is -2.74. The summed E-state index contributed by atoms with van der Waals surface area (Å²) < 4.78 is 232. The topological polar surface area (TPSA) is 29.5 Å². The number of ether oxygens (including phenoxy) is 1. The molecule has 0 aromatic heterocycles. The molecule has 0 saturated heterocycles. The Bertz CT molecular complexity index is 952. The van der Waals surface area contributed by atoms with Crippen LogP contribution in [0.15, 0.2) is 0 Å². The number of hydrogen-bond acceptors (Lipinski definition) is 2. The van der Waals surface area contributed by atoms with Crippen LogP contribution in [-0.2, 0) is 4.74 Å². The van der Waals surface area contributed by atoms with Crippen molar-refractivity contribution in [1.82, 2.24) is 0 Å². The van der Waals surface area contributed by atoms with E-state index in [0.29, 0.717) is 12.8 Å². The average molecular weight is 649 g/mol. The zero-order valence-electron chi connectivity index (χ0n) is 19.2. The third-order valence-corrected chi connectivity index (χ3v) is 8.55. The van der Waals surface area contributed by atoms with Gasteiger partial charge < -0.3 is 9.84 Å². The van der Waals surface area contributed by atoms with Crippen LogP contribution in [0.2, 0.25) is 0 Å². The highest BCUT2D eigenvalue weighted by Gasteiger charge is 2.95. The molecule has 1 N–H and O–H groups in total. The van der Waals surface area contributed by atoms with Crippen molar-refractivity contribution in [3.8, 4) is 0 Å². The second-order valence-electron chi connectivity index (χ2n) is 10.2. The lowest BCUT2D eigenvalue weighted by molar-refractivity contribution is -0.462. The van der Waals surface area contributed by atoms with E-state index >= 15 is 0 Å². The summed E-state index contributed by atoms with van der Waals surface area (Å²) in [5.41, 5.74) is 0. The van der Waals surface area contributed by atoms with Crippen molar-refractivity contribution in [2.75, 3.05) is 6.61 Å². The van der Waals surface area contributed by atoms with Crippen LogP contribution in [0.3, 0.4) is 0 Å². The van der Waals surface area contributed by atoms with Crippen molar-refractivity contribution in [2.24, 2.45) is 23.7 Å². The molecule has 0 aromatic rings. The molecule has 3 aliphatic rings. The van der Waals surface area contributed by atoms with Crippen LogP contribution < -0.4 is 0 Å². The predicted octanol–water partition coefficient (Wildman–Crippen LogP) is 7.42. The molecule has 0 aromatic carbocycles. The number of aliphatic hydroxyl groups is 1. The number of rotatable bonds is 10. The summed E-state index contributed by atoms with van der Waals surface area (Å²) in [6, 6.07) is 0. The SMILES string of the molecule is OC1CC2C(C1Cl)[C@@H]1C[C@H]2CC1OCCC(F)(F)C(F)(F)C(F)(F)C(F)(F)C(F)(F)C(F)(F)C(F)(F)C(F)(F)F. The minimum absolute atomic E-state index is 0.0847. The van der Waals surface area contributed by atoms with Crippen molar-refractivity contribution in [1.29, 1.82) is 0 Å². The summed E-state index contributed by atoms with van der Waals surface area (Å²) in [6.45, 7) is -1.61. The van der Waals surface area contributed by atoms with Crippen molar-refractivity contribution >= 4 is 11.6 Å². The highest BCUT2D eigenvalue weighted by atomic mass is 35.5. The summed E-state index contributed by atoms with van der Waals surface area (Å²) in [6.07, 6.45) is -11.5. The molecule has 5 unspecified atom stereocenters. The molecule has 3 fully saturated rings. The average Bonchev–Trinajstić information content (AvgIpc) is 3.43. The first kappa shape index (κ1) is 33.5. The van der Waals surface area contributed by atoms with Gasteiger partial charge in [-0.05, 0) is 42.9 Å². The lowest BCUT2D eigenvalue weighted by atomic mass is 9.80.